The summed E-state index contributed by atoms with van der Waals surface area (Å²) in [4.78, 5) is 12.8. The lowest BCUT2D eigenvalue weighted by Gasteiger charge is -2.10. The molecule has 0 fully saturated rings. The molecule has 0 atom stereocenters. The first-order chi connectivity index (χ1) is 12.9. The van der Waals surface area contributed by atoms with E-state index in [1.165, 1.54) is 30.6 Å². The number of sulfonamides is 1. The van der Waals surface area contributed by atoms with Crippen LogP contribution in [0.25, 0.3) is 5.82 Å². The van der Waals surface area contributed by atoms with E-state index in [1.54, 1.807) is 12.4 Å². The van der Waals surface area contributed by atoms with Crippen LogP contribution in [-0.2, 0) is 10.0 Å². The first-order valence-corrected chi connectivity index (χ1v) is 10.0. The van der Waals surface area contributed by atoms with Gasteiger partial charge >= 0.3 is 0 Å². The third kappa shape index (κ3) is 4.62. The number of nitrogens with one attached hydrogen (secondary N) is 2. The van der Waals surface area contributed by atoms with Gasteiger partial charge < -0.3 is 5.32 Å². The smallest absolute Gasteiger partial charge is 0.240 e. The number of nitrogens with zero attached hydrogens (tertiary/aromatic N) is 4. The number of benzene rings is 1. The number of aryl methyl sites for hydroxylation is 1. The van der Waals surface area contributed by atoms with Crippen molar-refractivity contribution in [2.24, 2.45) is 0 Å². The molecule has 0 radical (unpaired) electrons. The molecule has 0 aliphatic heterocycles. The van der Waals surface area contributed by atoms with E-state index in [9.17, 15) is 8.42 Å². The summed E-state index contributed by atoms with van der Waals surface area (Å²) in [6.07, 6.45) is 3.15. The van der Waals surface area contributed by atoms with Crippen LogP contribution in [0, 0.1) is 13.8 Å². The second-order valence-corrected chi connectivity index (χ2v) is 8.03. The topological polar surface area (TPSA) is 102 Å². The van der Waals surface area contributed by atoms with Crippen molar-refractivity contribution < 1.29 is 8.42 Å². The minimum Gasteiger partial charge on any atom is -0.369 e. The minimum absolute atomic E-state index is 0.169. The van der Waals surface area contributed by atoms with Gasteiger partial charge in [0.1, 0.15) is 24.3 Å². The summed E-state index contributed by atoms with van der Waals surface area (Å²) in [7, 11) is -3.58. The molecular weight excluding hydrogens is 388 g/mol. The van der Waals surface area contributed by atoms with Gasteiger partial charge in [0.2, 0.25) is 10.0 Å². The molecule has 0 aliphatic carbocycles. The molecule has 0 amide bonds. The van der Waals surface area contributed by atoms with Crippen molar-refractivity contribution in [3.05, 3.63) is 59.4 Å². The predicted molar refractivity (Wildman–Crippen MR) is 104 cm³/mol. The van der Waals surface area contributed by atoms with E-state index in [1.807, 2.05) is 18.4 Å². The van der Waals surface area contributed by atoms with E-state index in [0.29, 0.717) is 23.2 Å². The van der Waals surface area contributed by atoms with Gasteiger partial charge in [-0.25, -0.2) is 28.1 Å². The van der Waals surface area contributed by atoms with Crippen LogP contribution in [0.5, 0.6) is 0 Å². The number of halogens is 1. The summed E-state index contributed by atoms with van der Waals surface area (Å²) >= 11 is 5.78. The molecule has 0 spiro atoms. The van der Waals surface area contributed by atoms with Crippen molar-refractivity contribution >= 4 is 27.4 Å². The van der Waals surface area contributed by atoms with Crippen molar-refractivity contribution in [2.45, 2.75) is 18.7 Å². The van der Waals surface area contributed by atoms with Crippen LogP contribution < -0.4 is 10.0 Å². The SMILES string of the molecule is Cc1ncn(-c2cc(NCCNS(=O)(=O)c3ccc(Cl)cc3)ncn2)c1C. The molecule has 0 unspecified atom stereocenters. The number of hydrogen-bond donors (Lipinski definition) is 2. The van der Waals surface area contributed by atoms with Crippen LogP contribution in [0.1, 0.15) is 11.4 Å². The summed E-state index contributed by atoms with van der Waals surface area (Å²) in [5.41, 5.74) is 1.93. The Bertz CT molecular complexity index is 1030. The van der Waals surface area contributed by atoms with Gasteiger partial charge in [-0.05, 0) is 38.1 Å². The molecule has 0 bridgehead atoms. The van der Waals surface area contributed by atoms with E-state index < -0.39 is 10.0 Å². The maximum Gasteiger partial charge on any atom is 0.240 e. The van der Waals surface area contributed by atoms with Crippen molar-refractivity contribution in [1.82, 2.24) is 24.2 Å². The Kier molecular flexibility index (Phi) is 5.73. The van der Waals surface area contributed by atoms with Gasteiger partial charge in [-0.2, -0.15) is 0 Å². The van der Waals surface area contributed by atoms with Gasteiger partial charge in [0.15, 0.2) is 0 Å². The lowest BCUT2D eigenvalue weighted by Crippen LogP contribution is -2.29. The summed E-state index contributed by atoms with van der Waals surface area (Å²) in [5.74, 6) is 1.28. The number of aromatic nitrogens is 4. The molecule has 3 aromatic rings. The highest BCUT2D eigenvalue weighted by Crippen LogP contribution is 2.15. The Morgan fingerprint density at radius 1 is 1.07 bits per heavy atom. The molecule has 142 valence electrons. The van der Waals surface area contributed by atoms with Crippen LogP contribution >= 0.6 is 11.6 Å². The van der Waals surface area contributed by atoms with E-state index in [4.69, 9.17) is 11.6 Å². The van der Waals surface area contributed by atoms with Gasteiger partial charge in [-0.3, -0.25) is 4.57 Å². The van der Waals surface area contributed by atoms with Crippen LogP contribution in [-0.4, -0.2) is 41.0 Å². The fourth-order valence-corrected chi connectivity index (χ4v) is 3.54. The van der Waals surface area contributed by atoms with Crippen LogP contribution in [0.4, 0.5) is 5.82 Å². The van der Waals surface area contributed by atoms with Crippen LogP contribution in [0.2, 0.25) is 5.02 Å². The normalized spacial score (nSPS) is 11.5. The minimum atomic E-state index is -3.58. The lowest BCUT2D eigenvalue weighted by molar-refractivity contribution is 0.583. The molecule has 2 heterocycles. The highest BCUT2D eigenvalue weighted by atomic mass is 35.5. The van der Waals surface area contributed by atoms with Crippen molar-refractivity contribution in [3.63, 3.8) is 0 Å². The van der Waals surface area contributed by atoms with Crippen molar-refractivity contribution in [3.8, 4) is 5.82 Å². The summed E-state index contributed by atoms with van der Waals surface area (Å²) in [5, 5.41) is 3.57. The van der Waals surface area contributed by atoms with Gasteiger partial charge in [0.25, 0.3) is 0 Å². The Morgan fingerprint density at radius 3 is 2.48 bits per heavy atom. The van der Waals surface area contributed by atoms with E-state index in [0.717, 1.165) is 11.4 Å². The summed E-state index contributed by atoms with van der Waals surface area (Å²) < 4.78 is 28.8. The maximum absolute atomic E-state index is 12.2. The Labute approximate surface area is 162 Å². The first kappa shape index (κ1) is 19.3. The molecule has 0 saturated heterocycles. The Balaban J connectivity index is 1.59. The average Bonchev–Trinajstić information content (AvgIpc) is 2.98. The molecule has 2 aromatic heterocycles. The summed E-state index contributed by atoms with van der Waals surface area (Å²) in [6.45, 7) is 4.46. The maximum atomic E-state index is 12.2. The van der Waals surface area contributed by atoms with Gasteiger partial charge in [-0.15, -0.1) is 0 Å². The number of rotatable bonds is 7. The molecule has 8 nitrogen and oxygen atoms in total. The highest BCUT2D eigenvalue weighted by Gasteiger charge is 2.13. The molecule has 2 N–H and O–H groups in total. The molecule has 1 aromatic carbocycles. The van der Waals surface area contributed by atoms with Gasteiger partial charge in [0.05, 0.1) is 10.6 Å². The molecule has 0 saturated carbocycles. The second kappa shape index (κ2) is 8.03. The van der Waals surface area contributed by atoms with Gasteiger partial charge in [0, 0.05) is 29.9 Å². The van der Waals surface area contributed by atoms with E-state index in [-0.39, 0.29) is 11.4 Å². The van der Waals surface area contributed by atoms with Crippen molar-refractivity contribution in [1.29, 1.82) is 0 Å². The quantitative estimate of drug-likeness (QED) is 0.584. The van der Waals surface area contributed by atoms with E-state index in [2.05, 4.69) is 25.0 Å². The Morgan fingerprint density at radius 2 is 1.81 bits per heavy atom. The largest absolute Gasteiger partial charge is 0.369 e. The highest BCUT2D eigenvalue weighted by molar-refractivity contribution is 7.89. The zero-order chi connectivity index (χ0) is 19.4. The molecule has 10 heteroatoms. The Hall–Kier alpha value is -2.49. The molecule has 27 heavy (non-hydrogen) atoms. The number of imidazole rings is 1. The second-order valence-electron chi connectivity index (χ2n) is 5.83. The van der Waals surface area contributed by atoms with E-state index >= 15 is 0 Å². The zero-order valence-electron chi connectivity index (χ0n) is 14.8. The van der Waals surface area contributed by atoms with Crippen molar-refractivity contribution in [2.75, 3.05) is 18.4 Å². The fraction of sp³-hybridized carbons (Fsp3) is 0.235. The number of hydrogen-bond acceptors (Lipinski definition) is 6. The van der Waals surface area contributed by atoms with Gasteiger partial charge in [-0.1, -0.05) is 11.6 Å². The third-order valence-corrected chi connectivity index (χ3v) is 5.73. The molecule has 0 aliphatic rings. The fourth-order valence-electron chi connectivity index (χ4n) is 2.38. The average molecular weight is 407 g/mol. The molecule has 3 rings (SSSR count). The third-order valence-electron chi connectivity index (χ3n) is 4.00. The first-order valence-electron chi connectivity index (χ1n) is 8.19. The van der Waals surface area contributed by atoms with Crippen LogP contribution in [0.3, 0.4) is 0 Å². The monoisotopic (exact) mass is 406 g/mol. The number of anilines is 1. The standard InChI is InChI=1S/C17H19ClN6O2S/c1-12-13(2)24(11-22-12)17-9-16(20-10-21-17)19-7-8-23-27(25,26)15-5-3-14(18)4-6-15/h3-6,9-11,23H,7-8H2,1-2H3,(H,19,20,21). The predicted octanol–water partition coefficient (Wildman–Crippen LogP) is 2.32. The lowest BCUT2D eigenvalue weighted by atomic mass is 10.4. The zero-order valence-corrected chi connectivity index (χ0v) is 16.4. The molecular formula is C17H19ClN6O2S. The van der Waals surface area contributed by atoms with Crippen LogP contribution in [0.15, 0.2) is 47.9 Å². The summed E-state index contributed by atoms with van der Waals surface area (Å²) in [6, 6.07) is 7.78.